The van der Waals surface area contributed by atoms with Crippen molar-refractivity contribution in [3.63, 3.8) is 0 Å². The topological polar surface area (TPSA) is 24.9 Å². The predicted octanol–water partition coefficient (Wildman–Crippen LogP) is 3.64. The van der Waals surface area contributed by atoms with Crippen LogP contribution in [0.25, 0.3) is 0 Å². The van der Waals surface area contributed by atoms with Gasteiger partial charge in [-0.25, -0.2) is 8.78 Å². The summed E-state index contributed by atoms with van der Waals surface area (Å²) >= 11 is 0. The number of aromatic nitrogens is 1. The Hall–Kier alpha value is -1.81. The van der Waals surface area contributed by atoms with E-state index < -0.39 is 11.6 Å². The van der Waals surface area contributed by atoms with Gasteiger partial charge in [-0.15, -0.1) is 0 Å². The number of hydrogen-bond acceptors (Lipinski definition) is 2. The molecule has 0 aliphatic rings. The maximum Gasteiger partial charge on any atom is 0.126 e. The summed E-state index contributed by atoms with van der Waals surface area (Å²) in [5.74, 6) is -1.08. The second-order valence-corrected chi connectivity index (χ2v) is 4.67. The third-order valence-electron chi connectivity index (χ3n) is 3.15. The zero-order chi connectivity index (χ0) is 14.4. The van der Waals surface area contributed by atoms with Crippen molar-refractivity contribution in [3.05, 3.63) is 65.5 Å². The van der Waals surface area contributed by atoms with E-state index in [1.54, 1.807) is 6.20 Å². The van der Waals surface area contributed by atoms with Gasteiger partial charge in [0.25, 0.3) is 0 Å². The number of pyridine rings is 1. The fraction of sp³-hybridized carbons (Fsp3) is 0.312. The summed E-state index contributed by atoms with van der Waals surface area (Å²) in [6, 6.07) is 9.34. The van der Waals surface area contributed by atoms with Crippen LogP contribution in [0.4, 0.5) is 8.78 Å². The average Bonchev–Trinajstić information content (AvgIpc) is 2.43. The van der Waals surface area contributed by atoms with E-state index >= 15 is 0 Å². The predicted molar refractivity (Wildman–Crippen MR) is 75.3 cm³/mol. The molecule has 1 unspecified atom stereocenters. The fourth-order valence-electron chi connectivity index (χ4n) is 2.25. The highest BCUT2D eigenvalue weighted by Crippen LogP contribution is 2.21. The van der Waals surface area contributed by atoms with Crippen LogP contribution >= 0.6 is 0 Å². The Morgan fingerprint density at radius 1 is 1.15 bits per heavy atom. The minimum Gasteiger partial charge on any atom is -0.310 e. The van der Waals surface area contributed by atoms with Crippen LogP contribution in [-0.4, -0.2) is 11.5 Å². The van der Waals surface area contributed by atoms with E-state index in [9.17, 15) is 8.78 Å². The molecule has 20 heavy (non-hydrogen) atoms. The van der Waals surface area contributed by atoms with E-state index in [1.165, 1.54) is 12.1 Å². The summed E-state index contributed by atoms with van der Waals surface area (Å²) in [5, 5.41) is 3.26. The van der Waals surface area contributed by atoms with Gasteiger partial charge in [0, 0.05) is 24.0 Å². The van der Waals surface area contributed by atoms with Gasteiger partial charge >= 0.3 is 0 Å². The van der Waals surface area contributed by atoms with Crippen LogP contribution in [0, 0.1) is 11.6 Å². The number of aryl methyl sites for hydroxylation is 1. The van der Waals surface area contributed by atoms with Gasteiger partial charge in [0.15, 0.2) is 0 Å². The number of hydrogen-bond donors (Lipinski definition) is 1. The molecule has 0 aliphatic carbocycles. The molecule has 0 radical (unpaired) electrons. The molecule has 1 atom stereocenters. The van der Waals surface area contributed by atoms with Crippen molar-refractivity contribution in [1.29, 1.82) is 0 Å². The van der Waals surface area contributed by atoms with Gasteiger partial charge in [0.05, 0.1) is 0 Å². The van der Waals surface area contributed by atoms with Gasteiger partial charge in [-0.1, -0.05) is 13.0 Å². The number of benzene rings is 1. The molecule has 0 saturated carbocycles. The van der Waals surface area contributed by atoms with Crippen LogP contribution in [0.2, 0.25) is 0 Å². The molecule has 0 bridgehead atoms. The largest absolute Gasteiger partial charge is 0.310 e. The molecule has 0 spiro atoms. The van der Waals surface area contributed by atoms with E-state index in [-0.39, 0.29) is 6.04 Å². The number of nitrogens with zero attached hydrogens (tertiary/aromatic N) is 1. The maximum atomic E-state index is 13.3. The first kappa shape index (κ1) is 14.6. The van der Waals surface area contributed by atoms with Crippen LogP contribution in [0.3, 0.4) is 0 Å². The van der Waals surface area contributed by atoms with E-state index in [0.717, 1.165) is 31.1 Å². The highest BCUT2D eigenvalue weighted by molar-refractivity contribution is 5.22. The lowest BCUT2D eigenvalue weighted by Gasteiger charge is -2.18. The van der Waals surface area contributed by atoms with Crippen LogP contribution in [0.1, 0.15) is 30.6 Å². The fourth-order valence-corrected chi connectivity index (χ4v) is 2.25. The van der Waals surface area contributed by atoms with Crippen molar-refractivity contribution in [2.24, 2.45) is 0 Å². The Labute approximate surface area is 117 Å². The Bertz CT molecular complexity index is 523. The van der Waals surface area contributed by atoms with Gasteiger partial charge in [0.1, 0.15) is 11.6 Å². The molecule has 0 amide bonds. The molecule has 0 fully saturated rings. The highest BCUT2D eigenvalue weighted by Gasteiger charge is 2.13. The Morgan fingerprint density at radius 3 is 2.50 bits per heavy atom. The van der Waals surface area contributed by atoms with Gasteiger partial charge in [-0.05, 0) is 49.2 Å². The molecule has 106 valence electrons. The van der Waals surface area contributed by atoms with Gasteiger partial charge in [-0.3, -0.25) is 4.98 Å². The quantitative estimate of drug-likeness (QED) is 0.871. The number of rotatable bonds is 6. The first-order valence-electron chi connectivity index (χ1n) is 6.78. The zero-order valence-corrected chi connectivity index (χ0v) is 11.4. The normalized spacial score (nSPS) is 12.3. The molecule has 1 aromatic heterocycles. The standard InChI is InChI=1S/C16H18F2N2/c1-2-19-16(7-6-15-5-3-4-8-20-15)12-9-13(17)11-14(18)10-12/h3-5,8-11,16,19H,2,6-7H2,1H3. The molecule has 0 saturated heterocycles. The molecule has 1 N–H and O–H groups in total. The summed E-state index contributed by atoms with van der Waals surface area (Å²) in [5.41, 5.74) is 1.62. The molecule has 4 heteroatoms. The minimum atomic E-state index is -0.541. The second-order valence-electron chi connectivity index (χ2n) is 4.67. The van der Waals surface area contributed by atoms with E-state index in [2.05, 4.69) is 10.3 Å². The Balaban J connectivity index is 2.10. The summed E-state index contributed by atoms with van der Waals surface area (Å²) in [7, 11) is 0. The highest BCUT2D eigenvalue weighted by atomic mass is 19.1. The van der Waals surface area contributed by atoms with Crippen molar-refractivity contribution in [3.8, 4) is 0 Å². The second kappa shape index (κ2) is 7.10. The lowest BCUT2D eigenvalue weighted by Crippen LogP contribution is -2.22. The maximum absolute atomic E-state index is 13.3. The van der Waals surface area contributed by atoms with E-state index in [0.29, 0.717) is 5.56 Å². The van der Waals surface area contributed by atoms with Crippen molar-refractivity contribution in [2.45, 2.75) is 25.8 Å². The molecule has 2 aromatic rings. The van der Waals surface area contributed by atoms with Crippen molar-refractivity contribution in [1.82, 2.24) is 10.3 Å². The smallest absolute Gasteiger partial charge is 0.126 e. The summed E-state index contributed by atoms with van der Waals surface area (Å²) < 4.78 is 26.6. The number of halogens is 2. The van der Waals surface area contributed by atoms with Gasteiger partial charge in [0.2, 0.25) is 0 Å². The van der Waals surface area contributed by atoms with Crippen LogP contribution in [0.15, 0.2) is 42.6 Å². The molecule has 2 rings (SSSR count). The first-order chi connectivity index (χ1) is 9.69. The third-order valence-corrected chi connectivity index (χ3v) is 3.15. The Kier molecular flexibility index (Phi) is 5.18. The van der Waals surface area contributed by atoms with E-state index in [1.807, 2.05) is 25.1 Å². The van der Waals surface area contributed by atoms with Crippen LogP contribution in [0.5, 0.6) is 0 Å². The third kappa shape index (κ3) is 4.10. The van der Waals surface area contributed by atoms with Gasteiger partial charge < -0.3 is 5.32 Å². The average molecular weight is 276 g/mol. The van der Waals surface area contributed by atoms with Crippen molar-refractivity contribution >= 4 is 0 Å². The molecule has 1 aromatic carbocycles. The summed E-state index contributed by atoms with van der Waals surface area (Å²) in [6.07, 6.45) is 3.25. The zero-order valence-electron chi connectivity index (χ0n) is 11.4. The lowest BCUT2D eigenvalue weighted by molar-refractivity contribution is 0.501. The summed E-state index contributed by atoms with van der Waals surface area (Å²) in [6.45, 7) is 2.72. The lowest BCUT2D eigenvalue weighted by atomic mass is 10.0. The number of nitrogens with one attached hydrogen (secondary N) is 1. The first-order valence-corrected chi connectivity index (χ1v) is 6.78. The van der Waals surface area contributed by atoms with Gasteiger partial charge in [-0.2, -0.15) is 0 Å². The van der Waals surface area contributed by atoms with Crippen LogP contribution < -0.4 is 5.32 Å². The molecule has 2 nitrogen and oxygen atoms in total. The summed E-state index contributed by atoms with van der Waals surface area (Å²) in [4.78, 5) is 4.26. The molecular weight excluding hydrogens is 258 g/mol. The Morgan fingerprint density at radius 2 is 1.90 bits per heavy atom. The molecule has 0 aliphatic heterocycles. The van der Waals surface area contributed by atoms with Crippen LogP contribution in [-0.2, 0) is 6.42 Å². The van der Waals surface area contributed by atoms with Crippen molar-refractivity contribution in [2.75, 3.05) is 6.54 Å². The minimum absolute atomic E-state index is 0.0767. The molecular formula is C16H18F2N2. The van der Waals surface area contributed by atoms with E-state index in [4.69, 9.17) is 0 Å². The SMILES string of the molecule is CCNC(CCc1ccccn1)c1cc(F)cc(F)c1. The monoisotopic (exact) mass is 276 g/mol. The van der Waals surface area contributed by atoms with Crippen molar-refractivity contribution < 1.29 is 8.78 Å². The molecule has 1 heterocycles.